The van der Waals surface area contributed by atoms with Gasteiger partial charge < -0.3 is 119 Å². The van der Waals surface area contributed by atoms with Crippen LogP contribution in [0, 0.1) is 0 Å². The van der Waals surface area contributed by atoms with Gasteiger partial charge in [-0.15, -0.1) is 0 Å². The number of carboxylic acid groups (broad SMARTS) is 1. The van der Waals surface area contributed by atoms with Crippen LogP contribution in [0.1, 0.15) is 84.5 Å². The molecule has 1 fully saturated rings. The van der Waals surface area contributed by atoms with Gasteiger partial charge in [-0.3, -0.25) is 62.7 Å². The van der Waals surface area contributed by atoms with E-state index in [9.17, 15) is 83.1 Å². The van der Waals surface area contributed by atoms with E-state index in [1.807, 2.05) is 0 Å². The van der Waals surface area contributed by atoms with Crippen LogP contribution in [0.15, 0.2) is 9.98 Å². The number of nitrogens with zero attached hydrogens (tertiary/aromatic N) is 3. The third kappa shape index (κ3) is 25.7. The number of aliphatic hydroxyl groups excluding tert-OH is 4. The molecule has 0 saturated carbocycles. The Morgan fingerprint density at radius 2 is 0.951 bits per heavy atom. The fourth-order valence-electron chi connectivity index (χ4n) is 7.76. The maximum atomic E-state index is 13.9. The third-order valence-electron chi connectivity index (χ3n) is 12.1. The molecule has 0 radical (unpaired) electrons. The Bertz CT molecular complexity index is 2250. The number of aliphatic imine (C=N–C) groups is 2. The quantitative estimate of drug-likeness (QED) is 0.0155. The monoisotopic (exact) mass is 1160 g/mol. The maximum absolute atomic E-state index is 13.9. The van der Waals surface area contributed by atoms with E-state index in [0.29, 0.717) is 6.42 Å². The van der Waals surface area contributed by atoms with Crippen molar-refractivity contribution in [3.8, 4) is 0 Å². The highest BCUT2D eigenvalue weighted by atomic mass is 16.4. The molecule has 0 aromatic heterocycles. The summed E-state index contributed by atoms with van der Waals surface area (Å²) in [6.07, 6.45) is -4.49. The summed E-state index contributed by atoms with van der Waals surface area (Å²) in [7, 11) is 0. The SMILES string of the molecule is C[C@@H](O)[C@H](N)C(=O)N[C@@H](CCCN=C(N)N)C(=O)N1CCC[C@H]1C(=O)N[C@@H](CO)C(=O)N[C@@H](CC(N)=O)C(=O)N[C@@H](CC(N)=O)C(=O)N[C@H](C(=O)N[C@@H](CCCN=C(N)N)C(=O)N[C@@H](CCCCN)C(=O)N[C@@H](CO)C(=O)O)[C@@H](C)O. The van der Waals surface area contributed by atoms with Crippen LogP contribution >= 0.6 is 0 Å². The summed E-state index contributed by atoms with van der Waals surface area (Å²) in [6, 6.07) is -16.8. The lowest BCUT2D eigenvalue weighted by Crippen LogP contribution is -2.62. The number of carbonyl (C=O) groups excluding carboxylic acids is 11. The number of carbonyl (C=O) groups is 12. The molecule has 458 valence electrons. The molecule has 29 N–H and O–H groups in total. The lowest BCUT2D eigenvalue weighted by Gasteiger charge is -2.30. The van der Waals surface area contributed by atoms with E-state index in [4.69, 9.17) is 45.9 Å². The van der Waals surface area contributed by atoms with Gasteiger partial charge in [0.2, 0.25) is 65.0 Å². The van der Waals surface area contributed by atoms with Crippen LogP contribution in [0.25, 0.3) is 0 Å². The number of hydrogen-bond donors (Lipinski definition) is 21. The van der Waals surface area contributed by atoms with Crippen LogP contribution in [0.2, 0.25) is 0 Å². The average molecular weight is 1160 g/mol. The van der Waals surface area contributed by atoms with Gasteiger partial charge in [0, 0.05) is 19.6 Å². The van der Waals surface area contributed by atoms with Crippen LogP contribution in [-0.4, -0.2) is 225 Å². The molecule has 1 aliphatic rings. The second kappa shape index (κ2) is 36.2. The minimum atomic E-state index is -2.04. The number of likely N-dealkylation sites (tertiary alicyclic amines) is 1. The van der Waals surface area contributed by atoms with Gasteiger partial charge in [0.05, 0.1) is 38.3 Å². The molecule has 0 aromatic rings. The van der Waals surface area contributed by atoms with Gasteiger partial charge in [0.1, 0.15) is 60.4 Å². The van der Waals surface area contributed by atoms with Crippen molar-refractivity contribution in [2.75, 3.05) is 39.4 Å². The van der Waals surface area contributed by atoms with Gasteiger partial charge in [-0.2, -0.15) is 0 Å². The minimum Gasteiger partial charge on any atom is -0.480 e. The van der Waals surface area contributed by atoms with Crippen LogP contribution in [0.3, 0.4) is 0 Å². The number of nitrogens with one attached hydrogen (secondary N) is 8. The van der Waals surface area contributed by atoms with E-state index in [2.05, 4.69) is 52.5 Å². The summed E-state index contributed by atoms with van der Waals surface area (Å²) < 4.78 is 0. The van der Waals surface area contributed by atoms with Crippen molar-refractivity contribution in [3.05, 3.63) is 0 Å². The van der Waals surface area contributed by atoms with Crippen molar-refractivity contribution in [1.29, 1.82) is 0 Å². The summed E-state index contributed by atoms with van der Waals surface area (Å²) in [5.74, 6) is -14.6. The summed E-state index contributed by atoms with van der Waals surface area (Å²) in [5, 5.41) is 67.6. The highest BCUT2D eigenvalue weighted by Gasteiger charge is 2.41. The molecule has 81 heavy (non-hydrogen) atoms. The van der Waals surface area contributed by atoms with E-state index >= 15 is 0 Å². The second-order valence-electron chi connectivity index (χ2n) is 18.8. The number of amides is 11. The zero-order chi connectivity index (χ0) is 61.7. The van der Waals surface area contributed by atoms with Crippen LogP contribution in [0.4, 0.5) is 0 Å². The molecule has 1 aliphatic heterocycles. The summed E-state index contributed by atoms with van der Waals surface area (Å²) in [4.78, 5) is 167. The second-order valence-corrected chi connectivity index (χ2v) is 18.8. The zero-order valence-electron chi connectivity index (χ0n) is 45.0. The first-order valence-electron chi connectivity index (χ1n) is 25.7. The number of primary amides is 2. The molecule has 0 unspecified atom stereocenters. The van der Waals surface area contributed by atoms with Gasteiger partial charge in [-0.1, -0.05) is 0 Å². The molecular formula is C45H81N19O17. The lowest BCUT2D eigenvalue weighted by molar-refractivity contribution is -0.143. The predicted molar refractivity (Wildman–Crippen MR) is 284 cm³/mol. The predicted octanol–water partition coefficient (Wildman–Crippen LogP) is -12.0. The van der Waals surface area contributed by atoms with Gasteiger partial charge in [0.25, 0.3) is 0 Å². The highest BCUT2D eigenvalue weighted by Crippen LogP contribution is 2.20. The topological polar surface area (TPSA) is 638 Å². The Balaban J connectivity index is 3.42. The molecule has 11 amide bonds. The van der Waals surface area contributed by atoms with E-state index in [0.717, 1.165) is 11.8 Å². The number of aliphatic carboxylic acids is 1. The lowest BCUT2D eigenvalue weighted by atomic mass is 10.0. The molecule has 1 rings (SSSR count). The first kappa shape index (κ1) is 71.0. The molecule has 0 bridgehead atoms. The van der Waals surface area contributed by atoms with Crippen molar-refractivity contribution >= 4 is 82.9 Å². The van der Waals surface area contributed by atoms with Crippen molar-refractivity contribution < 1.29 is 83.1 Å². The standard InChI is InChI=1S/C45H81N19O17/c1-20(67)32(49)40(77)58-24(10-6-14-55-45(52)53)42(79)64-15-7-11-29(64)39(76)61-27(18-65)38(75)60-25(16-30(47)69)36(73)59-26(17-31(48)70)37(74)63-33(21(2)68)41(78)57-23(9-5-13-54-44(50)51)34(71)56-22(8-3-4-12-46)35(72)62-28(19-66)43(80)81/h20-29,32-33,65-68H,3-19,46,49H2,1-2H3,(H2,47,69)(H2,48,70)(H,56,71)(H,57,78)(H,58,77)(H,59,73)(H,60,75)(H,61,76)(H,62,72)(H,63,74)(H,80,81)(H4,50,51,54)(H4,52,53,55)/t20-,21-,22+,23+,24+,25+,26+,27+,28+,29+,32+,33+/m1/s1. The van der Waals surface area contributed by atoms with E-state index < -0.39 is 170 Å². The Kier molecular flexibility index (Phi) is 31.8. The first-order chi connectivity index (χ1) is 38.0. The fraction of sp³-hybridized carbons (Fsp3) is 0.689. The Morgan fingerprint density at radius 3 is 1.40 bits per heavy atom. The molecule has 0 aliphatic carbocycles. The molecule has 0 aromatic carbocycles. The summed E-state index contributed by atoms with van der Waals surface area (Å²) in [6.45, 7) is 0.276. The number of unbranched alkanes of at least 4 members (excludes halogenated alkanes) is 1. The van der Waals surface area contributed by atoms with E-state index in [1.54, 1.807) is 0 Å². The Morgan fingerprint density at radius 1 is 0.531 bits per heavy atom. The van der Waals surface area contributed by atoms with Crippen LogP contribution in [-0.2, 0) is 57.5 Å². The minimum absolute atomic E-state index is 0.00523. The summed E-state index contributed by atoms with van der Waals surface area (Å²) in [5.41, 5.74) is 43.6. The highest BCUT2D eigenvalue weighted by molar-refractivity contribution is 6.00. The molecule has 12 atom stereocenters. The molecule has 36 nitrogen and oxygen atoms in total. The number of carboxylic acids is 1. The Labute approximate surface area is 464 Å². The number of hydrogen-bond acceptors (Lipinski definition) is 20. The fourth-order valence-corrected chi connectivity index (χ4v) is 7.76. The number of nitrogens with two attached hydrogens (primary N) is 8. The molecule has 36 heteroatoms. The van der Waals surface area contributed by atoms with Crippen LogP contribution < -0.4 is 88.4 Å². The Hall–Kier alpha value is -8.06. The summed E-state index contributed by atoms with van der Waals surface area (Å²) >= 11 is 0. The van der Waals surface area contributed by atoms with E-state index in [-0.39, 0.29) is 89.5 Å². The number of aliphatic hydroxyl groups is 4. The maximum Gasteiger partial charge on any atom is 0.328 e. The van der Waals surface area contributed by atoms with Crippen molar-refractivity contribution in [2.24, 2.45) is 55.9 Å². The van der Waals surface area contributed by atoms with Crippen molar-refractivity contribution in [3.63, 3.8) is 0 Å². The van der Waals surface area contributed by atoms with Crippen molar-refractivity contribution in [1.82, 2.24) is 47.4 Å². The third-order valence-corrected chi connectivity index (χ3v) is 12.1. The number of rotatable bonds is 38. The largest absolute Gasteiger partial charge is 0.480 e. The molecule has 1 saturated heterocycles. The average Bonchev–Trinajstić information content (AvgIpc) is 3.89. The van der Waals surface area contributed by atoms with E-state index in [1.165, 1.54) is 6.92 Å². The van der Waals surface area contributed by atoms with Gasteiger partial charge in [-0.25, -0.2) is 4.79 Å². The molecule has 0 spiro atoms. The van der Waals surface area contributed by atoms with Gasteiger partial charge in [-0.05, 0) is 78.2 Å². The zero-order valence-corrected chi connectivity index (χ0v) is 45.0. The van der Waals surface area contributed by atoms with Crippen molar-refractivity contribution in [2.45, 2.75) is 157 Å². The smallest absolute Gasteiger partial charge is 0.328 e. The first-order valence-corrected chi connectivity index (χ1v) is 25.7. The number of guanidine groups is 2. The normalized spacial score (nSPS) is 16.9. The van der Waals surface area contributed by atoms with Gasteiger partial charge in [0.15, 0.2) is 11.9 Å². The molecule has 1 heterocycles. The molecular weight excluding hydrogens is 1080 g/mol. The van der Waals surface area contributed by atoms with Crippen LogP contribution in [0.5, 0.6) is 0 Å². The van der Waals surface area contributed by atoms with Gasteiger partial charge >= 0.3 is 5.97 Å².